The molecule has 4 rings (SSSR count). The van der Waals surface area contributed by atoms with Gasteiger partial charge in [-0.15, -0.1) is 0 Å². The van der Waals surface area contributed by atoms with Crippen molar-refractivity contribution >= 4 is 52.7 Å². The molecule has 8 nitrogen and oxygen atoms in total. The Labute approximate surface area is 568 Å². The number of hydrogen-bond acceptors (Lipinski definition) is 0. The van der Waals surface area contributed by atoms with Crippen molar-refractivity contribution < 1.29 is 83.9 Å². The van der Waals surface area contributed by atoms with Crippen molar-refractivity contribution in [2.75, 3.05) is 0 Å². The first-order valence-electron chi connectivity index (χ1n) is 27.0. The Morgan fingerprint density at radius 3 is 0.380 bits per heavy atom. The molecule has 2 radical (unpaired) electrons. The molecule has 0 spiro atoms. The van der Waals surface area contributed by atoms with Gasteiger partial charge in [0, 0.05) is 200 Å². The number of nitrogens with zero attached hydrogens (tertiary/aromatic N) is 8. The Balaban J connectivity index is -0.000000129. The second kappa shape index (κ2) is 42.0. The van der Waals surface area contributed by atoms with Crippen LogP contribution in [0.3, 0.4) is 0 Å². The summed E-state index contributed by atoms with van der Waals surface area (Å²) in [5, 5.41) is 5.54. The molecule has 0 aromatic heterocycles. The van der Waals surface area contributed by atoms with Gasteiger partial charge >= 0.3 is 66.0 Å². The van der Waals surface area contributed by atoms with E-state index in [1.807, 2.05) is 166 Å². The molecular formula is C66H94Co2F12N8P4-2. The molecule has 0 N–H and O–H groups in total. The monoisotopic (exact) mass is 1470 g/mol. The summed E-state index contributed by atoms with van der Waals surface area (Å²) in [5.74, 6) is 4.90. The van der Waals surface area contributed by atoms with Gasteiger partial charge < -0.3 is 38.8 Å². The van der Waals surface area contributed by atoms with E-state index >= 15 is 0 Å². The summed E-state index contributed by atoms with van der Waals surface area (Å²) in [5.41, 5.74) is -1.33. The fraction of sp³-hybridized carbons (Fsp3) is 0.485. The van der Waals surface area contributed by atoms with Gasteiger partial charge in [0.15, 0.2) is 0 Å². The van der Waals surface area contributed by atoms with E-state index in [0.29, 0.717) is 0 Å². The molecule has 0 saturated carbocycles. The summed E-state index contributed by atoms with van der Waals surface area (Å²) < 4.78 is 118. The Morgan fingerprint density at radius 1 is 0.239 bits per heavy atom. The normalized spacial score (nSPS) is 12.4. The minimum Gasteiger partial charge on any atom is -0.311 e. The second-order valence-corrected chi connectivity index (χ2v) is 34.5. The van der Waals surface area contributed by atoms with Gasteiger partial charge in [0.25, 0.3) is 0 Å². The summed E-state index contributed by atoms with van der Waals surface area (Å²) in [6.07, 6.45) is 0. The fourth-order valence-electron chi connectivity index (χ4n) is 3.13. The molecule has 26 heteroatoms. The van der Waals surface area contributed by atoms with Gasteiger partial charge in [-0.05, 0) is 37.1 Å². The van der Waals surface area contributed by atoms with Crippen molar-refractivity contribution in [3.05, 3.63) is 224 Å². The number of benzene rings is 4. The van der Waals surface area contributed by atoms with Crippen LogP contribution in [0.15, 0.2) is 133 Å². The summed E-state index contributed by atoms with van der Waals surface area (Å²) in [4.78, 5) is 26.2. The van der Waals surface area contributed by atoms with Crippen LogP contribution in [0.4, 0.5) is 50.4 Å². The molecule has 0 unspecified atom stereocenters. The molecule has 0 saturated heterocycles. The summed E-state index contributed by atoms with van der Waals surface area (Å²) in [6.45, 7) is 97.2. The van der Waals surface area contributed by atoms with Crippen molar-refractivity contribution in [3.8, 4) is 0 Å². The van der Waals surface area contributed by atoms with Gasteiger partial charge in [-0.3, -0.25) is 0 Å². The molecule has 4 aromatic rings. The Kier molecular flexibility index (Phi) is 48.0. The number of rotatable bonds is 6. The van der Waals surface area contributed by atoms with Crippen LogP contribution < -0.4 is 21.2 Å². The fourth-order valence-corrected chi connectivity index (χ4v) is 7.45. The van der Waals surface area contributed by atoms with Gasteiger partial charge in [-0.2, -0.15) is 0 Å². The standard InChI is InChI=1S/C26H22P2.8C5H9N.2Co.2F6P/c1-5-13-23(14-6-1)27(24-15-7-2-8-16-24)21-22-28(25-17-9-3-10-18-25)26-19-11-4-12-20-26;8*1-5(2,3)6-4;;;2*1-7(2,3,4,5)6/h1-22H;8*1-3H3;;;;/q;;;;;;;;;;;2*-1/b22-21+;;;;;;;;;;;;. The van der Waals surface area contributed by atoms with Crippen molar-refractivity contribution in [2.24, 2.45) is 0 Å². The third kappa shape index (κ3) is 115. The quantitative estimate of drug-likeness (QED) is 0.105. The average Bonchev–Trinajstić information content (AvgIpc) is 3.36. The van der Waals surface area contributed by atoms with Crippen LogP contribution in [0.25, 0.3) is 38.8 Å². The molecule has 92 heavy (non-hydrogen) atoms. The van der Waals surface area contributed by atoms with Crippen molar-refractivity contribution in [3.63, 3.8) is 0 Å². The molecule has 0 aliphatic carbocycles. The van der Waals surface area contributed by atoms with Crippen molar-refractivity contribution in [2.45, 2.75) is 210 Å². The number of halogens is 12. The van der Waals surface area contributed by atoms with Crippen LogP contribution in [0.1, 0.15) is 166 Å². The molecule has 0 aliphatic heterocycles. The third-order valence-corrected chi connectivity index (χ3v) is 11.7. The maximum atomic E-state index is 9.87. The third-order valence-electron chi connectivity index (χ3n) is 7.19. The minimum absolute atomic E-state index is 0. The van der Waals surface area contributed by atoms with E-state index in [4.69, 9.17) is 52.6 Å². The first-order chi connectivity index (χ1) is 39.3. The average molecular weight is 1470 g/mol. The topological polar surface area (TPSA) is 34.9 Å². The SMILES string of the molecule is C(=C\P(c1ccccc1)c1ccccc1)/P(c1ccccc1)c1ccccc1.F[P-](F)(F)(F)(F)F.F[P-](F)(F)(F)(F)F.[C-]#[N+]C(C)(C)C.[C-]#[N+]C(C)(C)C.[C-]#[N+]C(C)(C)C.[C-]#[N+]C(C)(C)C.[C-]#[N+]C(C)(C)C.[C-]#[N+]C(C)(C)C.[C-]#[N+]C(C)(C)C.[C-]#[N+]C(C)(C)C.[Co].[Co]. The molecule has 0 heterocycles. The maximum Gasteiger partial charge on any atom is 0.224 e. The van der Waals surface area contributed by atoms with Crippen LogP contribution >= 0.6 is 31.5 Å². The molecule has 0 fully saturated rings. The van der Waals surface area contributed by atoms with Gasteiger partial charge in [0.2, 0.25) is 44.3 Å². The first kappa shape index (κ1) is 105. The van der Waals surface area contributed by atoms with Crippen molar-refractivity contribution in [1.82, 2.24) is 0 Å². The zero-order valence-corrected chi connectivity index (χ0v) is 62.9. The largest absolute Gasteiger partial charge is 0.311 e. The first-order valence-corrected chi connectivity index (χ1v) is 33.9. The Morgan fingerprint density at radius 2 is 0.315 bits per heavy atom. The van der Waals surface area contributed by atoms with E-state index in [1.54, 1.807) is 0 Å². The number of hydrogen-bond donors (Lipinski definition) is 0. The van der Waals surface area contributed by atoms with E-state index in [1.165, 1.54) is 21.2 Å². The zero-order valence-electron chi connectivity index (χ0n) is 57.3. The van der Waals surface area contributed by atoms with E-state index in [-0.39, 0.29) is 77.9 Å². The van der Waals surface area contributed by atoms with Crippen LogP contribution in [0, 0.1) is 52.6 Å². The van der Waals surface area contributed by atoms with E-state index < -0.39 is 31.5 Å². The molecule has 522 valence electrons. The predicted molar refractivity (Wildman–Crippen MR) is 365 cm³/mol. The summed E-state index contributed by atoms with van der Waals surface area (Å²) in [6, 6.07) is 43.4. The molecule has 0 atom stereocenters. The molecule has 4 aromatic carbocycles. The maximum absolute atomic E-state index is 10.7. The molecule has 0 aliphatic rings. The van der Waals surface area contributed by atoms with E-state index in [9.17, 15) is 50.4 Å². The van der Waals surface area contributed by atoms with Gasteiger partial charge in [-0.25, -0.2) is 52.6 Å². The Hall–Kier alpha value is -5.57. The van der Waals surface area contributed by atoms with E-state index in [0.717, 1.165) is 0 Å². The van der Waals surface area contributed by atoms with Crippen LogP contribution in [-0.2, 0) is 33.6 Å². The van der Waals surface area contributed by atoms with Crippen LogP contribution in [-0.4, -0.2) is 44.3 Å². The predicted octanol–water partition coefficient (Wildman–Crippen LogP) is 26.1. The van der Waals surface area contributed by atoms with Gasteiger partial charge in [0.05, 0.1) is 0 Å². The Bertz CT molecular complexity index is 2530. The molecular weight excluding hydrogens is 1370 g/mol. The molecule has 0 amide bonds. The smallest absolute Gasteiger partial charge is 0.224 e. The van der Waals surface area contributed by atoms with Crippen molar-refractivity contribution in [1.29, 1.82) is 0 Å². The van der Waals surface area contributed by atoms with Crippen LogP contribution in [0.5, 0.6) is 0 Å². The van der Waals surface area contributed by atoms with Gasteiger partial charge in [0.1, 0.15) is 0 Å². The van der Waals surface area contributed by atoms with Gasteiger partial charge in [-0.1, -0.05) is 133 Å². The van der Waals surface area contributed by atoms with E-state index in [2.05, 4.69) is 172 Å². The summed E-state index contributed by atoms with van der Waals surface area (Å²) >= 11 is 0. The minimum atomic E-state index is -10.7. The molecule has 0 bridgehead atoms. The second-order valence-electron chi connectivity index (χ2n) is 26.6. The summed E-state index contributed by atoms with van der Waals surface area (Å²) in [7, 11) is -22.4. The van der Waals surface area contributed by atoms with Crippen LogP contribution in [0.2, 0.25) is 0 Å². The zero-order chi connectivity index (χ0) is 73.5.